The monoisotopic (exact) mass is 352 g/mol. The van der Waals surface area contributed by atoms with Gasteiger partial charge in [0.1, 0.15) is 11.6 Å². The number of aromatic amines is 1. The first-order valence-electron chi connectivity index (χ1n) is 8.90. The van der Waals surface area contributed by atoms with Crippen molar-refractivity contribution < 1.29 is 9.50 Å². The molecule has 0 bridgehead atoms. The zero-order valence-electron chi connectivity index (χ0n) is 14.3. The van der Waals surface area contributed by atoms with Gasteiger partial charge in [-0.15, -0.1) is 0 Å². The molecule has 5 nitrogen and oxygen atoms in total. The van der Waals surface area contributed by atoms with Crippen LogP contribution in [0.5, 0.6) is 0 Å². The van der Waals surface area contributed by atoms with Crippen molar-refractivity contribution in [2.45, 2.75) is 37.8 Å². The van der Waals surface area contributed by atoms with Crippen LogP contribution in [0.4, 0.5) is 10.2 Å². The fraction of sp³-hybridized carbons (Fsp3) is 0.300. The SMILES string of the molecule is O[C@H]1CC[C@H](Nc2cc(-c3c[nH]nc3-c3ccc(F)cc3)ccn2)CC1. The highest BCUT2D eigenvalue weighted by molar-refractivity contribution is 5.81. The largest absolute Gasteiger partial charge is 0.393 e. The van der Waals surface area contributed by atoms with Gasteiger partial charge in [0.15, 0.2) is 0 Å². The number of aliphatic hydroxyl groups is 1. The van der Waals surface area contributed by atoms with Crippen LogP contribution < -0.4 is 5.32 Å². The van der Waals surface area contributed by atoms with E-state index in [1.54, 1.807) is 18.3 Å². The van der Waals surface area contributed by atoms with Crippen molar-refractivity contribution in [2.24, 2.45) is 0 Å². The van der Waals surface area contributed by atoms with Crippen LogP contribution >= 0.6 is 0 Å². The molecule has 0 spiro atoms. The maximum Gasteiger partial charge on any atom is 0.126 e. The maximum absolute atomic E-state index is 13.2. The van der Waals surface area contributed by atoms with E-state index >= 15 is 0 Å². The Bertz CT molecular complexity index is 870. The summed E-state index contributed by atoms with van der Waals surface area (Å²) < 4.78 is 13.2. The van der Waals surface area contributed by atoms with Crippen LogP contribution in [0.3, 0.4) is 0 Å². The minimum absolute atomic E-state index is 0.170. The number of aromatic nitrogens is 3. The number of anilines is 1. The molecule has 0 saturated heterocycles. The summed E-state index contributed by atoms with van der Waals surface area (Å²) in [6.07, 6.45) is 6.99. The highest BCUT2D eigenvalue weighted by atomic mass is 19.1. The predicted octanol–water partition coefficient (Wildman–Crippen LogP) is 3.99. The highest BCUT2D eigenvalue weighted by Gasteiger charge is 2.19. The van der Waals surface area contributed by atoms with Gasteiger partial charge in [0.2, 0.25) is 0 Å². The predicted molar refractivity (Wildman–Crippen MR) is 99.1 cm³/mol. The molecule has 0 aliphatic heterocycles. The molecule has 1 aromatic carbocycles. The zero-order chi connectivity index (χ0) is 17.9. The molecule has 3 N–H and O–H groups in total. The van der Waals surface area contributed by atoms with Gasteiger partial charge in [0, 0.05) is 29.6 Å². The molecule has 26 heavy (non-hydrogen) atoms. The van der Waals surface area contributed by atoms with Crippen molar-refractivity contribution in [1.82, 2.24) is 15.2 Å². The number of H-pyrrole nitrogens is 1. The summed E-state index contributed by atoms with van der Waals surface area (Å²) in [6, 6.07) is 10.6. The number of halogens is 1. The third-order valence-electron chi connectivity index (χ3n) is 4.88. The van der Waals surface area contributed by atoms with E-state index in [-0.39, 0.29) is 11.9 Å². The van der Waals surface area contributed by atoms with E-state index in [0.29, 0.717) is 6.04 Å². The minimum atomic E-state index is -0.265. The number of hydrogen-bond acceptors (Lipinski definition) is 4. The molecule has 1 saturated carbocycles. The molecule has 0 radical (unpaired) electrons. The summed E-state index contributed by atoms with van der Waals surface area (Å²) in [6.45, 7) is 0. The Kier molecular flexibility index (Phi) is 4.67. The second-order valence-corrected chi connectivity index (χ2v) is 6.73. The quantitative estimate of drug-likeness (QED) is 0.664. The molecule has 3 aromatic rings. The van der Waals surface area contributed by atoms with Gasteiger partial charge in [0.25, 0.3) is 0 Å². The molecule has 1 fully saturated rings. The standard InChI is InChI=1S/C20H21FN4O/c21-15-3-1-13(2-4-15)20-18(12-23-25-20)14-9-10-22-19(11-14)24-16-5-7-17(26)8-6-16/h1-4,9-12,16-17,26H,5-8H2,(H,22,24)(H,23,25)/t16-,17-. The highest BCUT2D eigenvalue weighted by Crippen LogP contribution is 2.31. The molecular weight excluding hydrogens is 331 g/mol. The Hall–Kier alpha value is -2.73. The molecule has 0 unspecified atom stereocenters. The summed E-state index contributed by atoms with van der Waals surface area (Å²) in [5.74, 6) is 0.550. The zero-order valence-corrected chi connectivity index (χ0v) is 14.3. The van der Waals surface area contributed by atoms with E-state index in [4.69, 9.17) is 0 Å². The lowest BCUT2D eigenvalue weighted by Crippen LogP contribution is -2.28. The van der Waals surface area contributed by atoms with Crippen molar-refractivity contribution in [1.29, 1.82) is 0 Å². The topological polar surface area (TPSA) is 73.8 Å². The molecule has 134 valence electrons. The number of benzene rings is 1. The lowest BCUT2D eigenvalue weighted by atomic mass is 9.93. The maximum atomic E-state index is 13.2. The molecular formula is C20H21FN4O. The summed E-state index contributed by atoms with van der Waals surface area (Å²) in [5.41, 5.74) is 3.57. The molecule has 0 atom stereocenters. The number of nitrogens with zero attached hydrogens (tertiary/aromatic N) is 2. The molecule has 4 rings (SSSR count). The van der Waals surface area contributed by atoms with Crippen LogP contribution in [0.1, 0.15) is 25.7 Å². The summed E-state index contributed by atoms with van der Waals surface area (Å²) in [5, 5.41) is 20.3. The van der Waals surface area contributed by atoms with Crippen LogP contribution in [0, 0.1) is 5.82 Å². The fourth-order valence-electron chi connectivity index (χ4n) is 3.44. The molecule has 6 heteroatoms. The third-order valence-corrected chi connectivity index (χ3v) is 4.88. The lowest BCUT2D eigenvalue weighted by Gasteiger charge is -2.26. The van der Waals surface area contributed by atoms with Crippen molar-refractivity contribution in [2.75, 3.05) is 5.32 Å². The van der Waals surface area contributed by atoms with Crippen LogP contribution in [0.25, 0.3) is 22.4 Å². The first-order valence-corrected chi connectivity index (χ1v) is 8.90. The number of aliphatic hydroxyl groups excluding tert-OH is 1. The van der Waals surface area contributed by atoms with Gasteiger partial charge in [-0.25, -0.2) is 9.37 Å². The molecule has 1 aliphatic carbocycles. The first-order chi connectivity index (χ1) is 12.7. The molecule has 1 aliphatic rings. The lowest BCUT2D eigenvalue weighted by molar-refractivity contribution is 0.126. The minimum Gasteiger partial charge on any atom is -0.393 e. The van der Waals surface area contributed by atoms with Gasteiger partial charge in [-0.2, -0.15) is 5.10 Å². The second-order valence-electron chi connectivity index (χ2n) is 6.73. The van der Waals surface area contributed by atoms with Crippen LogP contribution in [0.15, 0.2) is 48.8 Å². The van der Waals surface area contributed by atoms with Gasteiger partial charge < -0.3 is 10.4 Å². The summed E-state index contributed by atoms with van der Waals surface area (Å²) >= 11 is 0. The van der Waals surface area contributed by atoms with E-state index in [1.807, 2.05) is 18.3 Å². The molecule has 2 heterocycles. The average molecular weight is 352 g/mol. The van der Waals surface area contributed by atoms with Gasteiger partial charge in [-0.3, -0.25) is 5.10 Å². The number of nitrogens with one attached hydrogen (secondary N) is 2. The van der Waals surface area contributed by atoms with Gasteiger partial charge >= 0.3 is 0 Å². The second kappa shape index (κ2) is 7.25. The smallest absolute Gasteiger partial charge is 0.126 e. The number of pyridine rings is 1. The van der Waals surface area contributed by atoms with E-state index in [9.17, 15) is 9.50 Å². The van der Waals surface area contributed by atoms with E-state index in [2.05, 4.69) is 20.5 Å². The van der Waals surface area contributed by atoms with Gasteiger partial charge in [-0.05, 0) is 67.6 Å². The number of hydrogen-bond donors (Lipinski definition) is 3. The Labute approximate surface area is 151 Å². The van der Waals surface area contributed by atoms with Crippen LogP contribution in [0.2, 0.25) is 0 Å². The average Bonchev–Trinajstić information content (AvgIpc) is 3.14. The van der Waals surface area contributed by atoms with Crippen molar-refractivity contribution >= 4 is 5.82 Å². The Morgan fingerprint density at radius 2 is 1.81 bits per heavy atom. The number of rotatable bonds is 4. The van der Waals surface area contributed by atoms with Crippen molar-refractivity contribution in [3.05, 3.63) is 54.6 Å². The van der Waals surface area contributed by atoms with Crippen LogP contribution in [-0.4, -0.2) is 32.4 Å². The third kappa shape index (κ3) is 3.60. The first kappa shape index (κ1) is 16.7. The summed E-state index contributed by atoms with van der Waals surface area (Å²) in [7, 11) is 0. The fourth-order valence-corrected chi connectivity index (χ4v) is 3.44. The Morgan fingerprint density at radius 1 is 1.04 bits per heavy atom. The van der Waals surface area contributed by atoms with Crippen molar-refractivity contribution in [3.63, 3.8) is 0 Å². The summed E-state index contributed by atoms with van der Waals surface area (Å²) in [4.78, 5) is 4.42. The van der Waals surface area contributed by atoms with Gasteiger partial charge in [-0.1, -0.05) is 0 Å². The van der Waals surface area contributed by atoms with Crippen molar-refractivity contribution in [3.8, 4) is 22.4 Å². The Balaban J connectivity index is 1.57. The van der Waals surface area contributed by atoms with Crippen LogP contribution in [-0.2, 0) is 0 Å². The van der Waals surface area contributed by atoms with E-state index < -0.39 is 0 Å². The normalized spacial score (nSPS) is 20.1. The molecule has 2 aromatic heterocycles. The van der Waals surface area contributed by atoms with E-state index in [0.717, 1.165) is 53.9 Å². The Morgan fingerprint density at radius 3 is 2.58 bits per heavy atom. The van der Waals surface area contributed by atoms with Gasteiger partial charge in [0.05, 0.1) is 11.8 Å². The molecule has 0 amide bonds. The van der Waals surface area contributed by atoms with E-state index in [1.165, 1.54) is 12.1 Å².